The molecule has 0 aliphatic carbocycles. The van der Waals surface area contributed by atoms with Crippen LogP contribution in [0.4, 0.5) is 10.6 Å². The first-order valence-electron chi connectivity index (χ1n) is 10.2. The van der Waals surface area contributed by atoms with Crippen molar-refractivity contribution >= 4 is 23.5 Å². The predicted molar refractivity (Wildman–Crippen MR) is 115 cm³/mol. The van der Waals surface area contributed by atoms with Gasteiger partial charge in [-0.3, -0.25) is 9.88 Å². The van der Waals surface area contributed by atoms with Gasteiger partial charge in [0.05, 0.1) is 37.7 Å². The Bertz CT molecular complexity index is 1100. The smallest absolute Gasteiger partial charge is 0.410 e. The maximum absolute atomic E-state index is 12.3. The Balaban J connectivity index is 1.47. The van der Waals surface area contributed by atoms with Crippen molar-refractivity contribution in [1.82, 2.24) is 20.0 Å². The number of amides is 1. The lowest BCUT2D eigenvalue weighted by molar-refractivity contribution is 0.114. The lowest BCUT2D eigenvalue weighted by atomic mass is 9.87. The molecule has 1 aromatic carbocycles. The van der Waals surface area contributed by atoms with Crippen LogP contribution in [0.5, 0.6) is 0 Å². The van der Waals surface area contributed by atoms with Crippen LogP contribution in [-0.4, -0.2) is 46.3 Å². The van der Waals surface area contributed by atoms with Crippen LogP contribution in [0.1, 0.15) is 35.8 Å². The van der Waals surface area contributed by atoms with E-state index >= 15 is 0 Å². The van der Waals surface area contributed by atoms with Crippen molar-refractivity contribution in [3.05, 3.63) is 58.8 Å². The van der Waals surface area contributed by atoms with Crippen molar-refractivity contribution in [1.29, 1.82) is 0 Å². The zero-order valence-electron chi connectivity index (χ0n) is 17.1. The number of hydrogen-bond donors (Lipinski definition) is 0. The molecule has 0 N–H and O–H groups in total. The highest BCUT2D eigenvalue weighted by molar-refractivity contribution is 6.30. The molecule has 9 heteroatoms. The van der Waals surface area contributed by atoms with Crippen molar-refractivity contribution in [3.8, 4) is 11.1 Å². The summed E-state index contributed by atoms with van der Waals surface area (Å²) in [7, 11) is 1.38. The molecule has 0 atom stereocenters. The van der Waals surface area contributed by atoms with Gasteiger partial charge < -0.3 is 14.2 Å². The van der Waals surface area contributed by atoms with Crippen molar-refractivity contribution in [3.63, 3.8) is 0 Å². The molecule has 0 radical (unpaired) electrons. The second-order valence-corrected chi connectivity index (χ2v) is 8.25. The zero-order chi connectivity index (χ0) is 21.4. The number of anilines is 1. The number of methoxy groups -OCH3 is 1. The van der Waals surface area contributed by atoms with E-state index in [0.717, 1.165) is 54.1 Å². The fourth-order valence-corrected chi connectivity index (χ4v) is 4.67. The van der Waals surface area contributed by atoms with Crippen LogP contribution in [0.15, 0.2) is 41.3 Å². The number of nitrogens with zero attached hydrogens (tertiary/aromatic N) is 5. The number of halogens is 1. The van der Waals surface area contributed by atoms with Gasteiger partial charge in [-0.15, -0.1) is 0 Å². The molecule has 1 amide bonds. The monoisotopic (exact) mass is 439 g/mol. The predicted octanol–water partition coefficient (Wildman–Crippen LogP) is 4.25. The summed E-state index contributed by atoms with van der Waals surface area (Å²) < 4.78 is 10.7. The van der Waals surface area contributed by atoms with Crippen LogP contribution < -0.4 is 4.90 Å². The minimum atomic E-state index is -0.408. The number of carbonyl (C=O) groups is 1. The highest BCUT2D eigenvalue weighted by Gasteiger charge is 2.33. The van der Waals surface area contributed by atoms with Crippen molar-refractivity contribution < 1.29 is 14.1 Å². The topological polar surface area (TPSA) is 84.6 Å². The van der Waals surface area contributed by atoms with Gasteiger partial charge in [0, 0.05) is 36.4 Å². The number of rotatable bonds is 2. The standard InChI is InChI=1S/C22H22ClN5O3/c1-30-22(29)28-12-15-10-16(23)2-3-17(15)20-18(13-28)31-26-21(20)14-4-8-27(9-5-14)19-11-24-6-7-25-19/h2-3,6-7,10-11,14H,4-5,8-9,12-13H2,1H3. The summed E-state index contributed by atoms with van der Waals surface area (Å²) in [5.41, 5.74) is 3.90. The summed E-state index contributed by atoms with van der Waals surface area (Å²) in [6.45, 7) is 2.44. The van der Waals surface area contributed by atoms with Gasteiger partial charge in [0.1, 0.15) is 5.82 Å². The number of aromatic nitrogens is 3. The summed E-state index contributed by atoms with van der Waals surface area (Å²) >= 11 is 6.26. The van der Waals surface area contributed by atoms with Gasteiger partial charge in [0.2, 0.25) is 0 Å². The Hall–Kier alpha value is -3.13. The fraction of sp³-hybridized carbons (Fsp3) is 0.364. The number of fused-ring (bicyclic) bond motifs is 3. The second kappa shape index (κ2) is 8.19. The van der Waals surface area contributed by atoms with Crippen LogP contribution in [0, 0.1) is 0 Å². The van der Waals surface area contributed by atoms with Gasteiger partial charge in [0.25, 0.3) is 0 Å². The quantitative estimate of drug-likeness (QED) is 0.590. The fourth-order valence-electron chi connectivity index (χ4n) is 4.48. The van der Waals surface area contributed by atoms with E-state index in [2.05, 4.69) is 20.0 Å². The first-order valence-corrected chi connectivity index (χ1v) is 10.6. The van der Waals surface area contributed by atoms with Crippen LogP contribution in [0.2, 0.25) is 5.02 Å². The van der Waals surface area contributed by atoms with Crippen LogP contribution in [-0.2, 0) is 17.8 Å². The van der Waals surface area contributed by atoms with Gasteiger partial charge in [-0.2, -0.15) is 0 Å². The molecule has 5 rings (SSSR count). The lowest BCUT2D eigenvalue weighted by Gasteiger charge is -2.32. The second-order valence-electron chi connectivity index (χ2n) is 7.82. The van der Waals surface area contributed by atoms with Crippen LogP contribution >= 0.6 is 11.6 Å². The number of carbonyl (C=O) groups excluding carboxylic acids is 1. The molecule has 0 spiro atoms. The normalized spacial score (nSPS) is 16.5. The van der Waals surface area contributed by atoms with E-state index in [1.54, 1.807) is 23.5 Å². The highest BCUT2D eigenvalue weighted by Crippen LogP contribution is 2.41. The maximum atomic E-state index is 12.3. The molecular formula is C22H22ClN5O3. The maximum Gasteiger partial charge on any atom is 0.410 e. The van der Waals surface area contributed by atoms with Crippen LogP contribution in [0.25, 0.3) is 11.1 Å². The third-order valence-corrected chi connectivity index (χ3v) is 6.24. The SMILES string of the molecule is COC(=O)N1Cc2cc(Cl)ccc2-c2c(C3CCN(c4cnccn4)CC3)noc2C1. The third-order valence-electron chi connectivity index (χ3n) is 6.01. The number of ether oxygens (including phenoxy) is 1. The highest BCUT2D eigenvalue weighted by atomic mass is 35.5. The Morgan fingerprint density at radius 2 is 2.06 bits per heavy atom. The van der Waals surface area contributed by atoms with E-state index in [1.165, 1.54) is 7.11 Å². The Kier molecular flexibility index (Phi) is 5.23. The Labute approximate surface area is 184 Å². The first kappa shape index (κ1) is 19.8. The molecule has 2 aromatic heterocycles. The number of hydrogen-bond acceptors (Lipinski definition) is 7. The largest absolute Gasteiger partial charge is 0.453 e. The van der Waals surface area contributed by atoms with E-state index in [0.29, 0.717) is 23.9 Å². The van der Waals surface area contributed by atoms with E-state index in [9.17, 15) is 4.79 Å². The van der Waals surface area contributed by atoms with Crippen molar-refractivity contribution in [2.75, 3.05) is 25.1 Å². The van der Waals surface area contributed by atoms with E-state index in [4.69, 9.17) is 20.9 Å². The molecule has 160 valence electrons. The summed E-state index contributed by atoms with van der Waals surface area (Å²) in [4.78, 5) is 24.7. The van der Waals surface area contributed by atoms with Gasteiger partial charge in [-0.05, 0) is 36.1 Å². The van der Waals surface area contributed by atoms with Gasteiger partial charge >= 0.3 is 6.09 Å². The minimum Gasteiger partial charge on any atom is -0.453 e. The van der Waals surface area contributed by atoms with Crippen LogP contribution in [0.3, 0.4) is 0 Å². The zero-order valence-corrected chi connectivity index (χ0v) is 17.9. The molecule has 0 saturated carbocycles. The molecule has 1 saturated heterocycles. The summed E-state index contributed by atoms with van der Waals surface area (Å²) in [6, 6.07) is 5.76. The van der Waals surface area contributed by atoms with Gasteiger partial charge in [-0.1, -0.05) is 22.8 Å². The Morgan fingerprint density at radius 1 is 1.23 bits per heavy atom. The molecule has 1 fully saturated rings. The molecule has 31 heavy (non-hydrogen) atoms. The molecule has 2 aliphatic heterocycles. The molecule has 3 aromatic rings. The summed E-state index contributed by atoms with van der Waals surface area (Å²) in [6.07, 6.45) is 6.65. The number of piperidine rings is 1. The first-order chi connectivity index (χ1) is 15.1. The number of benzene rings is 1. The molecule has 0 bridgehead atoms. The van der Waals surface area contributed by atoms with Gasteiger partial charge in [0.15, 0.2) is 5.76 Å². The van der Waals surface area contributed by atoms with Crippen molar-refractivity contribution in [2.24, 2.45) is 0 Å². The molecule has 0 unspecified atom stereocenters. The summed E-state index contributed by atoms with van der Waals surface area (Å²) in [5, 5.41) is 5.10. The summed E-state index contributed by atoms with van der Waals surface area (Å²) in [5.74, 6) is 1.83. The molecule has 8 nitrogen and oxygen atoms in total. The third kappa shape index (κ3) is 3.72. The molecular weight excluding hydrogens is 418 g/mol. The van der Waals surface area contributed by atoms with Gasteiger partial charge in [-0.25, -0.2) is 9.78 Å². The lowest BCUT2D eigenvalue weighted by Crippen LogP contribution is -2.33. The average Bonchev–Trinajstić information content (AvgIpc) is 3.15. The molecule has 4 heterocycles. The molecule has 2 aliphatic rings. The minimum absolute atomic E-state index is 0.258. The van der Waals surface area contributed by atoms with Crippen molar-refractivity contribution in [2.45, 2.75) is 31.8 Å². The Morgan fingerprint density at radius 3 is 2.81 bits per heavy atom. The van der Waals surface area contributed by atoms with E-state index < -0.39 is 6.09 Å². The van der Waals surface area contributed by atoms with E-state index in [1.807, 2.05) is 18.2 Å². The average molecular weight is 440 g/mol. The van der Waals surface area contributed by atoms with E-state index in [-0.39, 0.29) is 5.92 Å².